The lowest BCUT2D eigenvalue weighted by Crippen LogP contribution is -2.22. The van der Waals surface area contributed by atoms with Gasteiger partial charge in [-0.25, -0.2) is 0 Å². The zero-order valence-electron chi connectivity index (χ0n) is 17.4. The molecule has 3 heterocycles. The van der Waals surface area contributed by atoms with Gasteiger partial charge in [0.1, 0.15) is 0 Å². The Hall–Kier alpha value is -3.00. The van der Waals surface area contributed by atoms with E-state index in [1.807, 2.05) is 48.7 Å². The summed E-state index contributed by atoms with van der Waals surface area (Å²) in [6, 6.07) is 14.2. The molecule has 1 fully saturated rings. The molecule has 0 unspecified atom stereocenters. The van der Waals surface area contributed by atoms with E-state index < -0.39 is 0 Å². The Labute approximate surface area is 185 Å². The first-order valence-corrected chi connectivity index (χ1v) is 11.6. The van der Waals surface area contributed by atoms with Gasteiger partial charge in [-0.3, -0.25) is 9.55 Å². The molecule has 0 amide bonds. The summed E-state index contributed by atoms with van der Waals surface area (Å²) in [6.07, 6.45) is 8.51. The second-order valence-electron chi connectivity index (χ2n) is 7.90. The van der Waals surface area contributed by atoms with Crippen LogP contribution in [0, 0.1) is 5.92 Å². The summed E-state index contributed by atoms with van der Waals surface area (Å²) >= 11 is 1.59. The molecule has 0 N–H and O–H groups in total. The van der Waals surface area contributed by atoms with Gasteiger partial charge in [0.15, 0.2) is 11.0 Å². The first-order chi connectivity index (χ1) is 15.3. The first-order valence-electron chi connectivity index (χ1n) is 10.7. The fourth-order valence-corrected chi connectivity index (χ4v) is 5.01. The SMILES string of the molecule is C[C@H]1CCCC[C@H]1n1c(SCc2nnc(-c3ccccc3)o2)nnc1-c1cccnc1. The summed E-state index contributed by atoms with van der Waals surface area (Å²) in [4.78, 5) is 4.28. The molecule has 7 nitrogen and oxygen atoms in total. The minimum atomic E-state index is 0.379. The van der Waals surface area contributed by atoms with Gasteiger partial charge in [0.2, 0.25) is 11.8 Å². The monoisotopic (exact) mass is 432 g/mol. The van der Waals surface area contributed by atoms with Crippen molar-refractivity contribution in [1.29, 1.82) is 0 Å². The molecule has 31 heavy (non-hydrogen) atoms. The number of rotatable bonds is 6. The molecule has 8 heteroatoms. The Morgan fingerprint density at radius 3 is 2.61 bits per heavy atom. The van der Waals surface area contributed by atoms with E-state index >= 15 is 0 Å². The van der Waals surface area contributed by atoms with E-state index in [0.29, 0.717) is 29.5 Å². The van der Waals surface area contributed by atoms with Crippen LogP contribution in [0.4, 0.5) is 0 Å². The van der Waals surface area contributed by atoms with Crippen LogP contribution in [0.15, 0.2) is 64.4 Å². The maximum Gasteiger partial charge on any atom is 0.247 e. The maximum absolute atomic E-state index is 5.88. The minimum absolute atomic E-state index is 0.379. The summed E-state index contributed by atoms with van der Waals surface area (Å²) in [5.41, 5.74) is 1.91. The van der Waals surface area contributed by atoms with Crippen molar-refractivity contribution in [3.05, 3.63) is 60.7 Å². The standard InChI is InChI=1S/C23H24N6OS/c1-16-8-5-6-12-19(16)29-21(18-11-7-13-24-14-18)26-28-23(29)31-15-20-25-27-22(30-20)17-9-3-2-4-10-17/h2-4,7,9-11,13-14,16,19H,5-6,8,12,15H2,1H3/t16-,19+/m0/s1. The predicted octanol–water partition coefficient (Wildman–Crippen LogP) is 5.43. The highest BCUT2D eigenvalue weighted by atomic mass is 32.2. The summed E-state index contributed by atoms with van der Waals surface area (Å²) < 4.78 is 8.18. The van der Waals surface area contributed by atoms with Crippen molar-refractivity contribution in [3.8, 4) is 22.8 Å². The van der Waals surface area contributed by atoms with E-state index in [0.717, 1.165) is 28.5 Å². The molecule has 0 bridgehead atoms. The Kier molecular flexibility index (Phi) is 5.80. The number of aromatic nitrogens is 6. The second-order valence-corrected chi connectivity index (χ2v) is 8.85. The van der Waals surface area contributed by atoms with Crippen molar-refractivity contribution in [2.45, 2.75) is 49.6 Å². The molecule has 1 aliphatic carbocycles. The van der Waals surface area contributed by atoms with Crippen molar-refractivity contribution >= 4 is 11.8 Å². The van der Waals surface area contributed by atoms with Gasteiger partial charge < -0.3 is 4.42 Å². The van der Waals surface area contributed by atoms with Crippen LogP contribution in [-0.2, 0) is 5.75 Å². The van der Waals surface area contributed by atoms with Gasteiger partial charge in [-0.2, -0.15) is 0 Å². The Morgan fingerprint density at radius 1 is 0.968 bits per heavy atom. The number of hydrogen-bond acceptors (Lipinski definition) is 7. The van der Waals surface area contributed by atoms with Crippen molar-refractivity contribution in [2.24, 2.45) is 5.92 Å². The molecule has 4 aromatic rings. The summed E-state index contributed by atoms with van der Waals surface area (Å²) in [5.74, 6) is 3.12. The zero-order chi connectivity index (χ0) is 21.0. The van der Waals surface area contributed by atoms with E-state index in [9.17, 15) is 0 Å². The quantitative estimate of drug-likeness (QED) is 0.375. The van der Waals surface area contributed by atoms with Crippen molar-refractivity contribution in [3.63, 3.8) is 0 Å². The van der Waals surface area contributed by atoms with E-state index in [2.05, 4.69) is 36.9 Å². The predicted molar refractivity (Wildman–Crippen MR) is 119 cm³/mol. The van der Waals surface area contributed by atoms with Gasteiger partial charge >= 0.3 is 0 Å². The van der Waals surface area contributed by atoms with Crippen LogP contribution in [0.3, 0.4) is 0 Å². The smallest absolute Gasteiger partial charge is 0.247 e. The fraction of sp³-hybridized carbons (Fsp3) is 0.348. The van der Waals surface area contributed by atoms with E-state index in [-0.39, 0.29) is 0 Å². The normalized spacial score (nSPS) is 18.9. The van der Waals surface area contributed by atoms with Crippen molar-refractivity contribution in [2.75, 3.05) is 0 Å². The molecule has 1 aliphatic rings. The summed E-state index contributed by atoms with van der Waals surface area (Å²) in [7, 11) is 0. The van der Waals surface area contributed by atoms with E-state index in [1.165, 1.54) is 19.3 Å². The van der Waals surface area contributed by atoms with Crippen LogP contribution < -0.4 is 0 Å². The minimum Gasteiger partial charge on any atom is -0.420 e. The molecule has 5 rings (SSSR count). The van der Waals surface area contributed by atoms with E-state index in [4.69, 9.17) is 4.42 Å². The second kappa shape index (κ2) is 9.01. The highest BCUT2D eigenvalue weighted by Gasteiger charge is 2.29. The largest absolute Gasteiger partial charge is 0.420 e. The number of benzene rings is 1. The molecule has 2 atom stereocenters. The van der Waals surface area contributed by atoms with Crippen LogP contribution in [0.2, 0.25) is 0 Å². The average molecular weight is 433 g/mol. The zero-order valence-corrected chi connectivity index (χ0v) is 18.2. The van der Waals surface area contributed by atoms with E-state index in [1.54, 1.807) is 18.0 Å². The highest BCUT2D eigenvalue weighted by molar-refractivity contribution is 7.98. The molecular weight excluding hydrogens is 408 g/mol. The molecule has 158 valence electrons. The third-order valence-electron chi connectivity index (χ3n) is 5.79. The number of pyridine rings is 1. The topological polar surface area (TPSA) is 82.5 Å². The van der Waals surface area contributed by atoms with Gasteiger partial charge in [0.05, 0.1) is 5.75 Å². The average Bonchev–Trinajstić information content (AvgIpc) is 3.46. The van der Waals surface area contributed by atoms with Gasteiger partial charge in [0.25, 0.3) is 0 Å². The molecule has 3 aromatic heterocycles. The Bertz CT molecular complexity index is 1130. The Balaban J connectivity index is 1.41. The molecule has 0 spiro atoms. The van der Waals surface area contributed by atoms with Crippen LogP contribution >= 0.6 is 11.8 Å². The molecule has 0 saturated heterocycles. The molecule has 1 saturated carbocycles. The number of thioether (sulfide) groups is 1. The van der Waals surface area contributed by atoms with Crippen molar-refractivity contribution < 1.29 is 4.42 Å². The molecule has 0 radical (unpaired) electrons. The lowest BCUT2D eigenvalue weighted by Gasteiger charge is -2.31. The van der Waals surface area contributed by atoms with Crippen LogP contribution in [0.5, 0.6) is 0 Å². The third kappa shape index (κ3) is 4.25. The third-order valence-corrected chi connectivity index (χ3v) is 6.72. The van der Waals surface area contributed by atoms with Gasteiger partial charge in [-0.1, -0.05) is 49.7 Å². The summed E-state index contributed by atoms with van der Waals surface area (Å²) in [5, 5.41) is 18.4. The number of nitrogens with zero attached hydrogens (tertiary/aromatic N) is 6. The van der Waals surface area contributed by atoms with Gasteiger partial charge in [-0.15, -0.1) is 20.4 Å². The van der Waals surface area contributed by atoms with Crippen LogP contribution in [0.1, 0.15) is 44.5 Å². The van der Waals surface area contributed by atoms with Crippen LogP contribution in [0.25, 0.3) is 22.8 Å². The fourth-order valence-electron chi connectivity index (χ4n) is 4.18. The summed E-state index contributed by atoms with van der Waals surface area (Å²) in [6.45, 7) is 2.33. The van der Waals surface area contributed by atoms with Gasteiger partial charge in [0, 0.05) is 29.6 Å². The first kappa shape index (κ1) is 19.9. The molecular formula is C23H24N6OS. The molecule has 0 aliphatic heterocycles. The maximum atomic E-state index is 5.88. The Morgan fingerprint density at radius 2 is 1.81 bits per heavy atom. The van der Waals surface area contributed by atoms with Crippen LogP contribution in [-0.4, -0.2) is 29.9 Å². The lowest BCUT2D eigenvalue weighted by atomic mass is 9.85. The molecule has 1 aromatic carbocycles. The highest BCUT2D eigenvalue weighted by Crippen LogP contribution is 2.39. The number of hydrogen-bond donors (Lipinski definition) is 0. The lowest BCUT2D eigenvalue weighted by molar-refractivity contribution is 0.247. The van der Waals surface area contributed by atoms with Crippen molar-refractivity contribution in [1.82, 2.24) is 29.9 Å². The van der Waals surface area contributed by atoms with Gasteiger partial charge in [-0.05, 0) is 43.0 Å².